The molecule has 0 aromatic carbocycles. The van der Waals surface area contributed by atoms with Gasteiger partial charge in [0.2, 0.25) is 0 Å². The minimum atomic E-state index is 0.858. The topological polar surface area (TPSA) is 9.23 Å². The SMILES string of the molecule is CCCSCOCCC(CC)C(C)CCC. The van der Waals surface area contributed by atoms with Gasteiger partial charge in [-0.3, -0.25) is 0 Å². The molecule has 0 fully saturated rings. The number of hydrogen-bond donors (Lipinski definition) is 0. The summed E-state index contributed by atoms with van der Waals surface area (Å²) in [5.74, 6) is 3.83. The molecule has 0 spiro atoms. The maximum atomic E-state index is 5.66. The Hall–Kier alpha value is 0.310. The molecule has 0 N–H and O–H groups in total. The van der Waals surface area contributed by atoms with Gasteiger partial charge < -0.3 is 4.74 Å². The number of thioether (sulfide) groups is 1. The maximum Gasteiger partial charge on any atom is 0.0920 e. The first-order valence-corrected chi connectivity index (χ1v) is 8.07. The fourth-order valence-electron chi connectivity index (χ4n) is 2.14. The molecule has 0 aliphatic carbocycles. The van der Waals surface area contributed by atoms with Crippen molar-refractivity contribution in [2.45, 2.75) is 59.8 Å². The van der Waals surface area contributed by atoms with Crippen LogP contribution in [0.3, 0.4) is 0 Å². The normalized spacial score (nSPS) is 15.0. The van der Waals surface area contributed by atoms with E-state index in [1.54, 1.807) is 0 Å². The third-order valence-corrected chi connectivity index (χ3v) is 4.25. The van der Waals surface area contributed by atoms with E-state index in [0.717, 1.165) is 24.4 Å². The second kappa shape index (κ2) is 11.8. The zero-order valence-electron chi connectivity index (χ0n) is 11.6. The molecule has 2 unspecified atom stereocenters. The van der Waals surface area contributed by atoms with Gasteiger partial charge in [-0.2, -0.15) is 0 Å². The van der Waals surface area contributed by atoms with Gasteiger partial charge in [0.05, 0.1) is 5.94 Å². The van der Waals surface area contributed by atoms with Gasteiger partial charge in [0, 0.05) is 6.61 Å². The standard InChI is InChI=1S/C14H30OS/c1-5-8-13(4)14(7-3)9-10-15-12-16-11-6-2/h13-14H,5-12H2,1-4H3. The molecule has 0 heterocycles. The maximum absolute atomic E-state index is 5.66. The van der Waals surface area contributed by atoms with Gasteiger partial charge in [-0.15, -0.1) is 11.8 Å². The van der Waals surface area contributed by atoms with Crippen molar-refractivity contribution >= 4 is 11.8 Å². The highest BCUT2D eigenvalue weighted by molar-refractivity contribution is 7.99. The molecular weight excluding hydrogens is 216 g/mol. The second-order valence-electron chi connectivity index (χ2n) is 4.66. The van der Waals surface area contributed by atoms with Gasteiger partial charge in [-0.1, -0.05) is 47.0 Å². The van der Waals surface area contributed by atoms with Gasteiger partial charge >= 0.3 is 0 Å². The van der Waals surface area contributed by atoms with Gasteiger partial charge in [-0.25, -0.2) is 0 Å². The van der Waals surface area contributed by atoms with Crippen LogP contribution in [0.5, 0.6) is 0 Å². The Balaban J connectivity index is 3.47. The molecule has 0 aliphatic heterocycles. The van der Waals surface area contributed by atoms with Crippen molar-refractivity contribution in [3.05, 3.63) is 0 Å². The van der Waals surface area contributed by atoms with E-state index < -0.39 is 0 Å². The van der Waals surface area contributed by atoms with Crippen LogP contribution in [-0.2, 0) is 4.74 Å². The van der Waals surface area contributed by atoms with Crippen LogP contribution in [-0.4, -0.2) is 18.3 Å². The summed E-state index contributed by atoms with van der Waals surface area (Å²) in [6.45, 7) is 10.1. The highest BCUT2D eigenvalue weighted by Gasteiger charge is 2.14. The van der Waals surface area contributed by atoms with Crippen LogP contribution in [0.15, 0.2) is 0 Å². The Morgan fingerprint density at radius 3 is 2.38 bits per heavy atom. The number of ether oxygens (including phenoxy) is 1. The van der Waals surface area contributed by atoms with E-state index in [1.165, 1.54) is 37.9 Å². The van der Waals surface area contributed by atoms with Crippen molar-refractivity contribution in [2.75, 3.05) is 18.3 Å². The van der Waals surface area contributed by atoms with Gasteiger partial charge in [0.25, 0.3) is 0 Å². The summed E-state index contributed by atoms with van der Waals surface area (Å²) >= 11 is 1.91. The molecule has 2 heteroatoms. The van der Waals surface area contributed by atoms with Crippen LogP contribution in [0, 0.1) is 11.8 Å². The predicted octanol–water partition coefficient (Wildman–Crippen LogP) is 4.96. The van der Waals surface area contributed by atoms with Crippen LogP contribution in [0.1, 0.15) is 59.8 Å². The lowest BCUT2D eigenvalue weighted by Gasteiger charge is -2.22. The minimum absolute atomic E-state index is 0.858. The number of hydrogen-bond acceptors (Lipinski definition) is 2. The lowest BCUT2D eigenvalue weighted by molar-refractivity contribution is 0.147. The molecule has 0 aromatic heterocycles. The third-order valence-electron chi connectivity index (χ3n) is 3.22. The molecule has 1 nitrogen and oxygen atoms in total. The van der Waals surface area contributed by atoms with Gasteiger partial charge in [-0.05, 0) is 30.4 Å². The average molecular weight is 246 g/mol. The van der Waals surface area contributed by atoms with Crippen LogP contribution in [0.4, 0.5) is 0 Å². The van der Waals surface area contributed by atoms with E-state index in [9.17, 15) is 0 Å². The van der Waals surface area contributed by atoms with Crippen molar-refractivity contribution in [1.29, 1.82) is 0 Å². The van der Waals surface area contributed by atoms with E-state index >= 15 is 0 Å². The van der Waals surface area contributed by atoms with Gasteiger partial charge in [0.15, 0.2) is 0 Å². The van der Waals surface area contributed by atoms with Crippen molar-refractivity contribution < 1.29 is 4.74 Å². The first kappa shape index (κ1) is 16.3. The fraction of sp³-hybridized carbons (Fsp3) is 1.00. The summed E-state index contributed by atoms with van der Waals surface area (Å²) in [5.41, 5.74) is 0. The molecule has 0 amide bonds. The van der Waals surface area contributed by atoms with E-state index in [2.05, 4.69) is 27.7 Å². The summed E-state index contributed by atoms with van der Waals surface area (Å²) in [6, 6.07) is 0. The molecule has 98 valence electrons. The Labute approximate surface area is 107 Å². The molecule has 0 aromatic rings. The zero-order chi connectivity index (χ0) is 12.2. The van der Waals surface area contributed by atoms with Crippen molar-refractivity contribution in [1.82, 2.24) is 0 Å². The highest BCUT2D eigenvalue weighted by atomic mass is 32.2. The van der Waals surface area contributed by atoms with E-state index in [-0.39, 0.29) is 0 Å². The Morgan fingerprint density at radius 1 is 1.06 bits per heavy atom. The van der Waals surface area contributed by atoms with Crippen LogP contribution in [0.2, 0.25) is 0 Å². The minimum Gasteiger partial charge on any atom is -0.371 e. The Bertz CT molecular complexity index is 139. The largest absolute Gasteiger partial charge is 0.371 e. The number of rotatable bonds is 11. The summed E-state index contributed by atoms with van der Waals surface area (Å²) in [4.78, 5) is 0. The van der Waals surface area contributed by atoms with E-state index in [0.29, 0.717) is 0 Å². The van der Waals surface area contributed by atoms with Crippen LogP contribution >= 0.6 is 11.8 Å². The summed E-state index contributed by atoms with van der Waals surface area (Å²) in [5, 5.41) is 0. The smallest absolute Gasteiger partial charge is 0.0920 e. The van der Waals surface area contributed by atoms with Crippen LogP contribution < -0.4 is 0 Å². The van der Waals surface area contributed by atoms with Crippen molar-refractivity contribution in [3.8, 4) is 0 Å². The molecule has 0 rings (SSSR count). The molecule has 0 radical (unpaired) electrons. The molecular formula is C14H30OS. The Morgan fingerprint density at radius 2 is 1.81 bits per heavy atom. The van der Waals surface area contributed by atoms with Crippen LogP contribution in [0.25, 0.3) is 0 Å². The predicted molar refractivity (Wildman–Crippen MR) is 76.0 cm³/mol. The fourth-order valence-corrected chi connectivity index (χ4v) is 2.78. The van der Waals surface area contributed by atoms with Crippen molar-refractivity contribution in [3.63, 3.8) is 0 Å². The lowest BCUT2D eigenvalue weighted by Crippen LogP contribution is -2.13. The summed E-state index contributed by atoms with van der Waals surface area (Å²) in [7, 11) is 0. The van der Waals surface area contributed by atoms with E-state index in [1.807, 2.05) is 11.8 Å². The second-order valence-corrected chi connectivity index (χ2v) is 5.71. The molecule has 0 saturated carbocycles. The lowest BCUT2D eigenvalue weighted by atomic mass is 9.86. The molecule has 16 heavy (non-hydrogen) atoms. The molecule has 0 saturated heterocycles. The van der Waals surface area contributed by atoms with E-state index in [4.69, 9.17) is 4.74 Å². The zero-order valence-corrected chi connectivity index (χ0v) is 12.4. The first-order valence-electron chi connectivity index (χ1n) is 6.91. The summed E-state index contributed by atoms with van der Waals surface area (Å²) in [6.07, 6.45) is 6.46. The highest BCUT2D eigenvalue weighted by Crippen LogP contribution is 2.23. The van der Waals surface area contributed by atoms with Crippen molar-refractivity contribution in [2.24, 2.45) is 11.8 Å². The quantitative estimate of drug-likeness (QED) is 0.376. The monoisotopic (exact) mass is 246 g/mol. The molecule has 0 bridgehead atoms. The first-order chi connectivity index (χ1) is 7.76. The molecule has 2 atom stereocenters. The third kappa shape index (κ3) is 8.46. The Kier molecular flexibility index (Phi) is 12.0. The van der Waals surface area contributed by atoms with Gasteiger partial charge in [0.1, 0.15) is 0 Å². The molecule has 0 aliphatic rings. The average Bonchev–Trinajstić information content (AvgIpc) is 2.28. The summed E-state index contributed by atoms with van der Waals surface area (Å²) < 4.78 is 5.66.